The van der Waals surface area contributed by atoms with Gasteiger partial charge in [0.25, 0.3) is 0 Å². The largest absolute Gasteiger partial charge is 0.508 e. The topological polar surface area (TPSA) is 75.7 Å². The van der Waals surface area contributed by atoms with E-state index in [2.05, 4.69) is 0 Å². The van der Waals surface area contributed by atoms with E-state index in [0.717, 1.165) is 16.9 Å². The number of aliphatic hydroxyl groups is 1. The van der Waals surface area contributed by atoms with Gasteiger partial charge >= 0.3 is 0 Å². The second-order valence-electron chi connectivity index (χ2n) is 3.90. The number of fused-ring (bicyclic) bond motifs is 1. The van der Waals surface area contributed by atoms with Crippen molar-refractivity contribution in [2.75, 3.05) is 6.61 Å². The van der Waals surface area contributed by atoms with Gasteiger partial charge in [-0.25, -0.2) is 0 Å². The first-order valence-corrected chi connectivity index (χ1v) is 5.24. The number of rotatable bonds is 3. The summed E-state index contributed by atoms with van der Waals surface area (Å²) in [7, 11) is 0. The quantitative estimate of drug-likeness (QED) is 0.764. The summed E-state index contributed by atoms with van der Waals surface area (Å²) in [6.07, 6.45) is 2.81. The molecule has 0 saturated heterocycles. The van der Waals surface area contributed by atoms with Crippen molar-refractivity contribution in [2.45, 2.75) is 18.9 Å². The monoisotopic (exact) mass is 257 g/mol. The van der Waals surface area contributed by atoms with Gasteiger partial charge in [0.15, 0.2) is 0 Å². The number of hydrogen-bond acceptors (Lipinski definition) is 4. The number of phenolic OH excluding ortho intramolecular Hbond substituents is 1. The van der Waals surface area contributed by atoms with Crippen LogP contribution in [-0.2, 0) is 6.42 Å². The molecule has 1 aliphatic heterocycles. The van der Waals surface area contributed by atoms with Crippen LogP contribution in [0, 0.1) is 0 Å². The van der Waals surface area contributed by atoms with Crippen molar-refractivity contribution in [3.63, 3.8) is 0 Å². The zero-order valence-electron chi connectivity index (χ0n) is 9.30. The lowest BCUT2D eigenvalue weighted by atomic mass is 9.96. The van der Waals surface area contributed by atoms with Crippen LogP contribution >= 0.6 is 12.4 Å². The highest BCUT2D eigenvalue weighted by Crippen LogP contribution is 2.30. The Balaban J connectivity index is 0.00000144. The molecular weight excluding hydrogens is 242 g/mol. The zero-order chi connectivity index (χ0) is 11.5. The van der Waals surface area contributed by atoms with E-state index in [1.165, 1.54) is 0 Å². The Kier molecular flexibility index (Phi) is 4.81. The van der Waals surface area contributed by atoms with Crippen LogP contribution < -0.4 is 10.5 Å². The first-order valence-electron chi connectivity index (χ1n) is 5.24. The van der Waals surface area contributed by atoms with E-state index in [0.29, 0.717) is 12.8 Å². The summed E-state index contributed by atoms with van der Waals surface area (Å²) in [6.45, 7) is 0.0609. The first kappa shape index (κ1) is 13.8. The molecule has 0 aliphatic carbocycles. The molecule has 0 bridgehead atoms. The Morgan fingerprint density at radius 3 is 2.88 bits per heavy atom. The minimum atomic E-state index is -0.194. The van der Waals surface area contributed by atoms with Crippen molar-refractivity contribution in [2.24, 2.45) is 5.73 Å². The molecule has 4 nitrogen and oxygen atoms in total. The van der Waals surface area contributed by atoms with Crippen molar-refractivity contribution in [1.82, 2.24) is 0 Å². The molecule has 0 aromatic heterocycles. The van der Waals surface area contributed by atoms with Crippen LogP contribution in [0.5, 0.6) is 11.5 Å². The summed E-state index contributed by atoms with van der Waals surface area (Å²) in [5, 5.41) is 18.2. The van der Waals surface area contributed by atoms with Crippen LogP contribution in [0.15, 0.2) is 30.0 Å². The van der Waals surface area contributed by atoms with Crippen LogP contribution in [0.3, 0.4) is 0 Å². The third kappa shape index (κ3) is 3.12. The Morgan fingerprint density at radius 1 is 1.41 bits per heavy atom. The Bertz CT molecular complexity index is 420. The number of halogens is 1. The summed E-state index contributed by atoms with van der Waals surface area (Å²) in [4.78, 5) is 0. The van der Waals surface area contributed by atoms with E-state index in [4.69, 9.17) is 15.6 Å². The summed E-state index contributed by atoms with van der Waals surface area (Å²) in [5.41, 5.74) is 7.74. The van der Waals surface area contributed by atoms with Gasteiger partial charge < -0.3 is 20.7 Å². The second kappa shape index (κ2) is 5.91. The SMILES string of the molecule is Cl.NC(CCO)C1=COc2ccc(O)cc2C1. The second-order valence-corrected chi connectivity index (χ2v) is 3.90. The molecule has 0 fully saturated rings. The smallest absolute Gasteiger partial charge is 0.130 e. The predicted molar refractivity (Wildman–Crippen MR) is 67.4 cm³/mol. The van der Waals surface area contributed by atoms with E-state index in [1.807, 2.05) is 0 Å². The summed E-state index contributed by atoms with van der Waals surface area (Å²) >= 11 is 0. The molecule has 4 N–H and O–H groups in total. The molecule has 17 heavy (non-hydrogen) atoms. The highest BCUT2D eigenvalue weighted by molar-refractivity contribution is 5.85. The van der Waals surface area contributed by atoms with Crippen molar-refractivity contribution >= 4 is 12.4 Å². The summed E-state index contributed by atoms with van der Waals surface area (Å²) < 4.78 is 5.42. The van der Waals surface area contributed by atoms with Gasteiger partial charge in [0, 0.05) is 24.6 Å². The number of nitrogens with two attached hydrogens (primary N) is 1. The molecule has 0 amide bonds. The highest BCUT2D eigenvalue weighted by atomic mass is 35.5. The molecule has 1 aromatic rings. The first-order chi connectivity index (χ1) is 7.70. The van der Waals surface area contributed by atoms with Crippen LogP contribution in [-0.4, -0.2) is 22.9 Å². The Morgan fingerprint density at radius 2 is 2.18 bits per heavy atom. The molecule has 0 saturated carbocycles. The Hall–Kier alpha value is -1.23. The lowest BCUT2D eigenvalue weighted by molar-refractivity contribution is 0.279. The molecule has 1 atom stereocenters. The third-order valence-corrected chi connectivity index (χ3v) is 2.69. The van der Waals surface area contributed by atoms with Crippen LogP contribution in [0.2, 0.25) is 0 Å². The van der Waals surface area contributed by atoms with E-state index in [9.17, 15) is 5.11 Å². The van der Waals surface area contributed by atoms with E-state index in [1.54, 1.807) is 24.5 Å². The maximum atomic E-state index is 9.37. The van der Waals surface area contributed by atoms with Crippen molar-refractivity contribution < 1.29 is 14.9 Å². The van der Waals surface area contributed by atoms with Crippen molar-refractivity contribution in [3.05, 3.63) is 35.6 Å². The molecule has 94 valence electrons. The third-order valence-electron chi connectivity index (χ3n) is 2.69. The van der Waals surface area contributed by atoms with Gasteiger partial charge in [0.1, 0.15) is 11.5 Å². The van der Waals surface area contributed by atoms with Crippen molar-refractivity contribution in [1.29, 1.82) is 0 Å². The van der Waals surface area contributed by atoms with Gasteiger partial charge in [-0.3, -0.25) is 0 Å². The van der Waals surface area contributed by atoms with E-state index in [-0.39, 0.29) is 30.8 Å². The molecule has 0 spiro atoms. The van der Waals surface area contributed by atoms with Crippen molar-refractivity contribution in [3.8, 4) is 11.5 Å². The number of hydrogen-bond donors (Lipinski definition) is 3. The van der Waals surface area contributed by atoms with Crippen LogP contribution in [0.1, 0.15) is 12.0 Å². The van der Waals surface area contributed by atoms with Gasteiger partial charge in [-0.05, 0) is 30.2 Å². The highest BCUT2D eigenvalue weighted by Gasteiger charge is 2.17. The number of aliphatic hydroxyl groups excluding tert-OH is 1. The predicted octanol–water partition coefficient (Wildman–Crippen LogP) is 1.34. The fourth-order valence-corrected chi connectivity index (χ4v) is 1.76. The normalized spacial score (nSPS) is 15.1. The number of phenols is 1. The fraction of sp³-hybridized carbons (Fsp3) is 0.333. The number of aromatic hydroxyl groups is 1. The summed E-state index contributed by atoms with van der Waals surface area (Å²) in [5.74, 6) is 0.970. The standard InChI is InChI=1S/C12H15NO3.ClH/c13-11(3-4-14)9-5-8-6-10(15)1-2-12(8)16-7-9;/h1-2,6-7,11,14-15H,3-5,13H2;1H. The molecule has 5 heteroatoms. The maximum absolute atomic E-state index is 9.37. The van der Waals surface area contributed by atoms with Crippen LogP contribution in [0.4, 0.5) is 0 Å². The summed E-state index contributed by atoms with van der Waals surface area (Å²) in [6, 6.07) is 4.80. The molecule has 1 aromatic carbocycles. The molecule has 1 aliphatic rings. The van der Waals surface area contributed by atoms with E-state index < -0.39 is 0 Å². The zero-order valence-corrected chi connectivity index (χ0v) is 10.1. The molecule has 1 heterocycles. The lowest BCUT2D eigenvalue weighted by Crippen LogP contribution is -2.27. The van der Waals surface area contributed by atoms with Gasteiger partial charge in [0.2, 0.25) is 0 Å². The Labute approximate surface area is 106 Å². The van der Waals surface area contributed by atoms with Gasteiger partial charge in [-0.15, -0.1) is 12.4 Å². The van der Waals surface area contributed by atoms with Gasteiger partial charge in [0.05, 0.1) is 6.26 Å². The average Bonchev–Trinajstić information content (AvgIpc) is 2.28. The fourth-order valence-electron chi connectivity index (χ4n) is 1.76. The molecule has 1 unspecified atom stereocenters. The molecule has 2 rings (SSSR count). The number of ether oxygens (including phenoxy) is 1. The average molecular weight is 258 g/mol. The minimum absolute atomic E-state index is 0. The van der Waals surface area contributed by atoms with Gasteiger partial charge in [-0.1, -0.05) is 0 Å². The van der Waals surface area contributed by atoms with Crippen LogP contribution in [0.25, 0.3) is 0 Å². The minimum Gasteiger partial charge on any atom is -0.508 e. The van der Waals surface area contributed by atoms with E-state index >= 15 is 0 Å². The number of benzene rings is 1. The maximum Gasteiger partial charge on any atom is 0.130 e. The lowest BCUT2D eigenvalue weighted by Gasteiger charge is -2.21. The van der Waals surface area contributed by atoms with Gasteiger partial charge in [-0.2, -0.15) is 0 Å². The molecular formula is C12H16ClNO3. The molecule has 0 radical (unpaired) electrons.